The van der Waals surface area contributed by atoms with Crippen molar-refractivity contribution in [2.24, 2.45) is 0 Å². The van der Waals surface area contributed by atoms with Crippen LogP contribution in [0.3, 0.4) is 0 Å². The number of hydrogen-bond acceptors (Lipinski definition) is 2. The molecule has 0 saturated heterocycles. The Hall–Kier alpha value is -7.94. The van der Waals surface area contributed by atoms with E-state index >= 15 is 0 Å². The van der Waals surface area contributed by atoms with Gasteiger partial charge in [-0.05, 0) is 122 Å². The topological polar surface area (TPSA) is 6.48 Å². The number of hydrogen-bond donors (Lipinski definition) is 0. The highest BCUT2D eigenvalue weighted by Gasteiger charge is 2.53. The van der Waals surface area contributed by atoms with Gasteiger partial charge in [-0.2, -0.15) is 0 Å². The minimum absolute atomic E-state index is 0.126. The first-order valence-corrected chi connectivity index (χ1v) is 22.4. The van der Waals surface area contributed by atoms with Gasteiger partial charge in [0.05, 0.1) is 16.8 Å². The molecule has 64 heavy (non-hydrogen) atoms. The van der Waals surface area contributed by atoms with Gasteiger partial charge in [-0.15, -0.1) is 0 Å². The van der Waals surface area contributed by atoms with Gasteiger partial charge >= 0.3 is 0 Å². The molecule has 0 heterocycles. The smallest absolute Gasteiger partial charge is 0.0727 e. The fraction of sp³-hybridized carbons (Fsp3) is 0.0645. The van der Waals surface area contributed by atoms with Gasteiger partial charge in [-0.25, -0.2) is 0 Å². The summed E-state index contributed by atoms with van der Waals surface area (Å²) < 4.78 is 0. The fourth-order valence-electron chi connectivity index (χ4n) is 11.8. The van der Waals surface area contributed by atoms with Crippen molar-refractivity contribution in [3.8, 4) is 33.4 Å². The number of anilines is 6. The molecule has 10 aromatic rings. The molecule has 0 aromatic heterocycles. The first-order chi connectivity index (χ1) is 31.5. The Morgan fingerprint density at radius 2 is 0.812 bits per heavy atom. The number of para-hydroxylation sites is 3. The molecule has 302 valence electrons. The van der Waals surface area contributed by atoms with E-state index in [0.29, 0.717) is 0 Å². The molecular formula is C62H44N2. The molecule has 1 spiro atoms. The van der Waals surface area contributed by atoms with Gasteiger partial charge in [0.15, 0.2) is 0 Å². The van der Waals surface area contributed by atoms with E-state index in [-0.39, 0.29) is 5.41 Å². The molecule has 1 atom stereocenters. The van der Waals surface area contributed by atoms with E-state index in [9.17, 15) is 0 Å². The molecule has 0 radical (unpaired) electrons. The highest BCUT2D eigenvalue weighted by atomic mass is 15.2. The Morgan fingerprint density at radius 1 is 0.312 bits per heavy atom. The summed E-state index contributed by atoms with van der Waals surface area (Å²) in [5.41, 5.74) is 21.9. The minimum atomic E-state index is -0.596. The highest BCUT2D eigenvalue weighted by Crippen LogP contribution is 2.66. The van der Waals surface area contributed by atoms with Crippen LogP contribution in [0, 0.1) is 0 Å². The number of nitrogens with zero attached hydrogens (tertiary/aromatic N) is 2. The van der Waals surface area contributed by atoms with E-state index in [1.165, 1.54) is 88.9 Å². The van der Waals surface area contributed by atoms with Gasteiger partial charge in [0.25, 0.3) is 0 Å². The first-order valence-electron chi connectivity index (χ1n) is 22.4. The lowest BCUT2D eigenvalue weighted by Crippen LogP contribution is -2.26. The van der Waals surface area contributed by atoms with Gasteiger partial charge in [0.1, 0.15) is 0 Å². The normalized spacial score (nSPS) is 15.5. The van der Waals surface area contributed by atoms with E-state index in [0.717, 1.165) is 22.7 Å². The largest absolute Gasteiger partial charge is 0.310 e. The lowest BCUT2D eigenvalue weighted by molar-refractivity contribution is 0.660. The molecular weight excluding hydrogens is 773 g/mol. The summed E-state index contributed by atoms with van der Waals surface area (Å²) >= 11 is 0. The predicted molar refractivity (Wildman–Crippen MR) is 267 cm³/mol. The number of fused-ring (bicyclic) bond motifs is 14. The molecule has 2 nitrogen and oxygen atoms in total. The summed E-state index contributed by atoms with van der Waals surface area (Å²) in [5.74, 6) is 0. The van der Waals surface area contributed by atoms with Gasteiger partial charge in [0.2, 0.25) is 0 Å². The predicted octanol–water partition coefficient (Wildman–Crippen LogP) is 16.4. The Labute approximate surface area is 375 Å². The fourth-order valence-corrected chi connectivity index (χ4v) is 11.8. The SMILES string of the molecule is CC1(C)c2ccccc2-c2c(N(c3ccccc3)c3ccc4c(c3)C3(c5ccccc5-4)c4ccccc4-c4c3cc3ccccc3c4N(c3ccccc3)c3ccccc3)cccc21. The maximum Gasteiger partial charge on any atom is 0.0727 e. The molecule has 3 aliphatic rings. The van der Waals surface area contributed by atoms with Crippen molar-refractivity contribution in [3.05, 3.63) is 264 Å². The van der Waals surface area contributed by atoms with Crippen LogP contribution in [0.15, 0.2) is 231 Å². The van der Waals surface area contributed by atoms with Crippen molar-refractivity contribution in [1.82, 2.24) is 0 Å². The molecule has 0 bridgehead atoms. The summed E-state index contributed by atoms with van der Waals surface area (Å²) in [6.45, 7) is 4.74. The zero-order valence-corrected chi connectivity index (χ0v) is 35.8. The number of benzene rings is 10. The van der Waals surface area contributed by atoms with Gasteiger partial charge in [0, 0.05) is 44.7 Å². The molecule has 1 unspecified atom stereocenters. The van der Waals surface area contributed by atoms with Crippen LogP contribution in [0.4, 0.5) is 34.1 Å². The van der Waals surface area contributed by atoms with Crippen LogP contribution in [0.25, 0.3) is 44.2 Å². The van der Waals surface area contributed by atoms with E-state index < -0.39 is 5.41 Å². The van der Waals surface area contributed by atoms with Gasteiger partial charge in [-0.3, -0.25) is 0 Å². The molecule has 0 amide bonds. The van der Waals surface area contributed by atoms with Crippen LogP contribution < -0.4 is 9.80 Å². The summed E-state index contributed by atoms with van der Waals surface area (Å²) in [7, 11) is 0. The van der Waals surface area contributed by atoms with Gasteiger partial charge < -0.3 is 9.80 Å². The summed E-state index contributed by atoms with van der Waals surface area (Å²) in [6.07, 6.45) is 0. The minimum Gasteiger partial charge on any atom is -0.310 e. The molecule has 3 aliphatic carbocycles. The summed E-state index contributed by atoms with van der Waals surface area (Å²) in [5, 5.41) is 2.44. The third-order valence-electron chi connectivity index (χ3n) is 14.4. The molecule has 0 fully saturated rings. The maximum absolute atomic E-state index is 2.53. The number of rotatable bonds is 6. The maximum atomic E-state index is 2.53. The van der Waals surface area contributed by atoms with E-state index in [4.69, 9.17) is 0 Å². The van der Waals surface area contributed by atoms with Crippen LogP contribution in [0.1, 0.15) is 47.2 Å². The average Bonchev–Trinajstić information content (AvgIpc) is 3.91. The van der Waals surface area contributed by atoms with E-state index in [1.54, 1.807) is 0 Å². The Balaban J connectivity index is 1.13. The van der Waals surface area contributed by atoms with Crippen molar-refractivity contribution in [1.29, 1.82) is 0 Å². The highest BCUT2D eigenvalue weighted by molar-refractivity contribution is 6.12. The van der Waals surface area contributed by atoms with Gasteiger partial charge in [-0.1, -0.05) is 184 Å². The third kappa shape index (κ3) is 4.97. The van der Waals surface area contributed by atoms with Crippen molar-refractivity contribution >= 4 is 44.9 Å². The van der Waals surface area contributed by atoms with Crippen LogP contribution in [-0.4, -0.2) is 0 Å². The van der Waals surface area contributed by atoms with Crippen molar-refractivity contribution < 1.29 is 0 Å². The van der Waals surface area contributed by atoms with Crippen molar-refractivity contribution in [2.75, 3.05) is 9.80 Å². The van der Waals surface area contributed by atoms with E-state index in [2.05, 4.69) is 254 Å². The van der Waals surface area contributed by atoms with Crippen LogP contribution in [-0.2, 0) is 10.8 Å². The first kappa shape index (κ1) is 36.7. The van der Waals surface area contributed by atoms with E-state index in [1.807, 2.05) is 0 Å². The standard InChI is InChI=1S/C62H44N2/c1-61(2)51-32-17-15-30-49(51)58-54(61)35-20-36-57(58)63(42-22-6-3-7-23-42)45-37-38-48-47-29-14-18-33-52(47)62(55(48)40-45)53-34-19-16-31-50(53)59-56(62)39-41-21-12-13-28-46(41)60(59)64(43-24-8-4-9-25-43)44-26-10-5-11-27-44/h3-40H,1-2H3. The molecule has 2 heteroatoms. The van der Waals surface area contributed by atoms with Crippen LogP contribution in [0.2, 0.25) is 0 Å². The summed E-state index contributed by atoms with van der Waals surface area (Å²) in [6, 6.07) is 85.8. The molecule has 0 aliphatic heterocycles. The van der Waals surface area contributed by atoms with Crippen LogP contribution >= 0.6 is 0 Å². The second kappa shape index (κ2) is 13.8. The summed E-state index contributed by atoms with van der Waals surface area (Å²) in [4.78, 5) is 5.00. The zero-order valence-electron chi connectivity index (χ0n) is 35.8. The average molecular weight is 817 g/mol. The zero-order chi connectivity index (χ0) is 42.6. The Kier molecular flexibility index (Phi) is 7.90. The lowest BCUT2D eigenvalue weighted by atomic mass is 9.70. The van der Waals surface area contributed by atoms with Crippen LogP contribution in [0.5, 0.6) is 0 Å². The lowest BCUT2D eigenvalue weighted by Gasteiger charge is -2.34. The molecule has 10 aromatic carbocycles. The van der Waals surface area contributed by atoms with Crippen molar-refractivity contribution in [2.45, 2.75) is 24.7 Å². The Bertz CT molecular complexity index is 3440. The molecule has 13 rings (SSSR count). The quantitative estimate of drug-likeness (QED) is 0.165. The second-order valence-corrected chi connectivity index (χ2v) is 18.0. The van der Waals surface area contributed by atoms with Crippen molar-refractivity contribution in [3.63, 3.8) is 0 Å². The Morgan fingerprint density at radius 3 is 1.48 bits per heavy atom. The third-order valence-corrected chi connectivity index (χ3v) is 14.4. The molecule has 0 saturated carbocycles. The molecule has 0 N–H and O–H groups in total. The monoisotopic (exact) mass is 816 g/mol. The second-order valence-electron chi connectivity index (χ2n) is 18.0.